The molecule has 0 fully saturated rings. The first kappa shape index (κ1) is 16.3. The molecule has 0 aliphatic heterocycles. The first-order valence-corrected chi connectivity index (χ1v) is 8.28. The summed E-state index contributed by atoms with van der Waals surface area (Å²) in [5, 5.41) is 3.09. The van der Waals surface area contributed by atoms with Crippen LogP contribution in [-0.4, -0.2) is 39.0 Å². The van der Waals surface area contributed by atoms with Gasteiger partial charge in [0.15, 0.2) is 0 Å². The first-order chi connectivity index (χ1) is 9.26. The Kier molecular flexibility index (Phi) is 5.82. The number of benzene rings is 1. The van der Waals surface area contributed by atoms with Crippen molar-refractivity contribution in [3.05, 3.63) is 24.3 Å². The number of ether oxygens (including phenoxy) is 1. The van der Waals surface area contributed by atoms with E-state index in [9.17, 15) is 13.2 Å². The van der Waals surface area contributed by atoms with E-state index in [-0.39, 0.29) is 24.8 Å². The van der Waals surface area contributed by atoms with Gasteiger partial charge in [-0.25, -0.2) is 8.42 Å². The van der Waals surface area contributed by atoms with Crippen molar-refractivity contribution in [2.45, 2.75) is 19.4 Å². The second kappa shape index (κ2) is 7.14. The molecule has 0 heterocycles. The molecular weight excluding hydrogens is 280 g/mol. The van der Waals surface area contributed by atoms with Gasteiger partial charge < -0.3 is 15.8 Å². The Bertz CT molecular complexity index is 540. The number of nitrogens with one attached hydrogen (secondary N) is 1. The van der Waals surface area contributed by atoms with Crippen LogP contribution in [0.3, 0.4) is 0 Å². The molecule has 1 rings (SSSR count). The van der Waals surface area contributed by atoms with E-state index in [4.69, 9.17) is 10.5 Å². The number of amides is 1. The molecule has 3 N–H and O–H groups in total. The number of anilines is 1. The molecule has 1 unspecified atom stereocenters. The zero-order chi connectivity index (χ0) is 15.2. The zero-order valence-corrected chi connectivity index (χ0v) is 12.4. The molecule has 0 aliphatic rings. The van der Waals surface area contributed by atoms with Crippen LogP contribution in [0.5, 0.6) is 5.75 Å². The molecule has 6 nitrogen and oxygen atoms in total. The highest BCUT2D eigenvalue weighted by atomic mass is 32.2. The van der Waals surface area contributed by atoms with Crippen molar-refractivity contribution in [2.75, 3.05) is 23.9 Å². The summed E-state index contributed by atoms with van der Waals surface area (Å²) in [6.45, 7) is 2.05. The van der Waals surface area contributed by atoms with Crippen LogP contribution in [-0.2, 0) is 14.6 Å². The largest absolute Gasteiger partial charge is 0.493 e. The lowest BCUT2D eigenvalue weighted by atomic mass is 10.2. The minimum atomic E-state index is -3.00. The smallest absolute Gasteiger partial charge is 0.220 e. The first-order valence-electron chi connectivity index (χ1n) is 6.22. The van der Waals surface area contributed by atoms with E-state index in [2.05, 4.69) is 5.32 Å². The van der Waals surface area contributed by atoms with Crippen LogP contribution in [0.25, 0.3) is 0 Å². The monoisotopic (exact) mass is 300 g/mol. The van der Waals surface area contributed by atoms with Gasteiger partial charge in [-0.3, -0.25) is 4.79 Å². The lowest BCUT2D eigenvalue weighted by molar-refractivity contribution is -0.118. The maximum absolute atomic E-state index is 11.2. The fraction of sp³-hybridized carbons (Fsp3) is 0.462. The number of rotatable bonds is 8. The van der Waals surface area contributed by atoms with Crippen LogP contribution in [0, 0.1) is 0 Å². The highest BCUT2D eigenvalue weighted by Crippen LogP contribution is 2.16. The molecule has 1 atom stereocenters. The zero-order valence-electron chi connectivity index (χ0n) is 11.6. The number of carbonyl (C=O) groups excluding carboxylic acids is 1. The minimum absolute atomic E-state index is 0.0733. The molecule has 1 aromatic carbocycles. The van der Waals surface area contributed by atoms with E-state index in [0.717, 1.165) is 5.69 Å². The Morgan fingerprint density at radius 2 is 1.95 bits per heavy atom. The van der Waals surface area contributed by atoms with Gasteiger partial charge in [-0.05, 0) is 31.2 Å². The molecule has 7 heteroatoms. The number of carbonyl (C=O) groups is 1. The third-order valence-corrected chi connectivity index (χ3v) is 3.54. The van der Waals surface area contributed by atoms with Crippen molar-refractivity contribution in [3.8, 4) is 5.75 Å². The fourth-order valence-electron chi connectivity index (χ4n) is 1.70. The van der Waals surface area contributed by atoms with Crippen molar-refractivity contribution in [1.82, 2.24) is 0 Å². The predicted molar refractivity (Wildman–Crippen MR) is 78.5 cm³/mol. The number of primary amides is 1. The lowest BCUT2D eigenvalue weighted by Crippen LogP contribution is -2.24. The predicted octanol–water partition coefficient (Wildman–Crippen LogP) is 0.786. The normalized spacial score (nSPS) is 12.7. The van der Waals surface area contributed by atoms with Gasteiger partial charge in [-0.2, -0.15) is 0 Å². The van der Waals surface area contributed by atoms with Gasteiger partial charge in [-0.1, -0.05) is 0 Å². The molecule has 112 valence electrons. The van der Waals surface area contributed by atoms with E-state index in [1.807, 2.05) is 0 Å². The van der Waals surface area contributed by atoms with Gasteiger partial charge in [0.1, 0.15) is 15.6 Å². The van der Waals surface area contributed by atoms with Crippen LogP contribution >= 0.6 is 0 Å². The van der Waals surface area contributed by atoms with E-state index in [0.29, 0.717) is 5.75 Å². The molecule has 0 bridgehead atoms. The molecule has 0 saturated carbocycles. The van der Waals surface area contributed by atoms with Crippen LogP contribution in [0.1, 0.15) is 13.3 Å². The van der Waals surface area contributed by atoms with Crippen molar-refractivity contribution in [1.29, 1.82) is 0 Å². The average molecular weight is 300 g/mol. The summed E-state index contributed by atoms with van der Waals surface area (Å²) in [6, 6.07) is 6.90. The molecule has 0 spiro atoms. The Balaban J connectivity index is 2.48. The van der Waals surface area contributed by atoms with Crippen molar-refractivity contribution in [2.24, 2.45) is 5.73 Å². The topological polar surface area (TPSA) is 98.5 Å². The van der Waals surface area contributed by atoms with E-state index >= 15 is 0 Å². The quantitative estimate of drug-likeness (QED) is 0.739. The maximum atomic E-state index is 11.2. The minimum Gasteiger partial charge on any atom is -0.493 e. The molecule has 1 amide bonds. The van der Waals surface area contributed by atoms with Crippen LogP contribution in [0.15, 0.2) is 24.3 Å². The molecular formula is C13H20N2O4S. The average Bonchev–Trinajstić information content (AvgIpc) is 2.28. The summed E-state index contributed by atoms with van der Waals surface area (Å²) in [4.78, 5) is 10.6. The molecule has 0 radical (unpaired) electrons. The lowest BCUT2D eigenvalue weighted by Gasteiger charge is -2.14. The van der Waals surface area contributed by atoms with Gasteiger partial charge in [0.05, 0.1) is 18.8 Å². The van der Waals surface area contributed by atoms with Crippen molar-refractivity contribution < 1.29 is 17.9 Å². The Labute approximate surface area is 119 Å². The van der Waals surface area contributed by atoms with Gasteiger partial charge in [0.25, 0.3) is 0 Å². The summed E-state index contributed by atoms with van der Waals surface area (Å²) >= 11 is 0. The van der Waals surface area contributed by atoms with Crippen molar-refractivity contribution >= 4 is 21.4 Å². The maximum Gasteiger partial charge on any atom is 0.220 e. The number of nitrogens with two attached hydrogens (primary N) is 1. The summed E-state index contributed by atoms with van der Waals surface area (Å²) in [5.41, 5.74) is 5.82. The van der Waals surface area contributed by atoms with E-state index in [1.54, 1.807) is 31.2 Å². The van der Waals surface area contributed by atoms with Crippen LogP contribution in [0.4, 0.5) is 5.69 Å². The Morgan fingerprint density at radius 3 is 2.45 bits per heavy atom. The molecule has 1 aromatic rings. The van der Waals surface area contributed by atoms with Gasteiger partial charge >= 0.3 is 0 Å². The molecule has 20 heavy (non-hydrogen) atoms. The second-order valence-electron chi connectivity index (χ2n) is 4.73. The van der Waals surface area contributed by atoms with Crippen LogP contribution in [0.2, 0.25) is 0 Å². The highest BCUT2D eigenvalue weighted by molar-refractivity contribution is 7.90. The number of sulfone groups is 1. The molecule has 0 aliphatic carbocycles. The summed E-state index contributed by atoms with van der Waals surface area (Å²) in [7, 11) is -3.00. The van der Waals surface area contributed by atoms with Gasteiger partial charge in [0, 0.05) is 18.0 Å². The van der Waals surface area contributed by atoms with Gasteiger partial charge in [0.2, 0.25) is 5.91 Å². The van der Waals surface area contributed by atoms with E-state index in [1.165, 1.54) is 6.26 Å². The van der Waals surface area contributed by atoms with Gasteiger partial charge in [-0.15, -0.1) is 0 Å². The summed E-state index contributed by atoms with van der Waals surface area (Å²) in [6.07, 6.45) is 1.38. The Morgan fingerprint density at radius 1 is 1.35 bits per heavy atom. The van der Waals surface area contributed by atoms with Crippen LogP contribution < -0.4 is 15.8 Å². The molecule has 0 saturated heterocycles. The van der Waals surface area contributed by atoms with Crippen molar-refractivity contribution in [3.63, 3.8) is 0 Å². The SMILES string of the molecule is CC(CS(C)(=O)=O)Nc1ccc(OCCC(N)=O)cc1. The van der Waals surface area contributed by atoms with E-state index < -0.39 is 15.7 Å². The summed E-state index contributed by atoms with van der Waals surface area (Å²) in [5.74, 6) is 0.301. The second-order valence-corrected chi connectivity index (χ2v) is 6.91. The third-order valence-electron chi connectivity index (χ3n) is 2.44. The standard InChI is InChI=1S/C13H20N2O4S/c1-10(9-20(2,17)18)15-11-3-5-12(6-4-11)19-8-7-13(14)16/h3-6,10,15H,7-9H2,1-2H3,(H2,14,16). The highest BCUT2D eigenvalue weighted by Gasteiger charge is 2.10. The fourth-order valence-corrected chi connectivity index (χ4v) is 2.69. The number of hydrogen-bond donors (Lipinski definition) is 2. The number of hydrogen-bond acceptors (Lipinski definition) is 5. The summed E-state index contributed by atoms with van der Waals surface area (Å²) < 4.78 is 27.7. The molecule has 0 aromatic heterocycles. The third kappa shape index (κ3) is 6.98. The Hall–Kier alpha value is -1.76.